The van der Waals surface area contributed by atoms with Gasteiger partial charge in [0.25, 0.3) is 0 Å². The summed E-state index contributed by atoms with van der Waals surface area (Å²) in [5.74, 6) is -0.892. The maximum atomic E-state index is 12.2. The second kappa shape index (κ2) is 8.48. The first-order chi connectivity index (χ1) is 9.80. The number of carbonyl (C=O) groups excluding carboxylic acids is 2. The molecule has 0 saturated heterocycles. The third-order valence-corrected chi connectivity index (χ3v) is 2.26. The molecule has 0 spiro atoms. The van der Waals surface area contributed by atoms with Crippen molar-refractivity contribution in [1.29, 1.82) is 0 Å². The molecule has 0 bridgehead atoms. The van der Waals surface area contributed by atoms with Crippen molar-refractivity contribution in [1.82, 2.24) is 5.32 Å². The summed E-state index contributed by atoms with van der Waals surface area (Å²) in [5, 5.41) is 2.60. The maximum Gasteiger partial charge on any atom is 0.331 e. The molecule has 1 atom stereocenters. The molecular formula is C16H31NO5. The Hall–Kier alpha value is -1.14. The molecule has 0 aliphatic heterocycles. The lowest BCUT2D eigenvalue weighted by Gasteiger charge is -2.27. The number of nitrogens with one attached hydrogen (secondary N) is 1. The summed E-state index contributed by atoms with van der Waals surface area (Å²) in [7, 11) is 0. The van der Waals surface area contributed by atoms with Crippen LogP contribution in [0.4, 0.5) is 0 Å². The van der Waals surface area contributed by atoms with Crippen molar-refractivity contribution >= 4 is 11.9 Å². The van der Waals surface area contributed by atoms with Gasteiger partial charge in [-0.2, -0.15) is 0 Å². The van der Waals surface area contributed by atoms with Crippen molar-refractivity contribution in [3.63, 3.8) is 0 Å². The molecule has 0 aliphatic rings. The van der Waals surface area contributed by atoms with E-state index in [9.17, 15) is 9.59 Å². The molecule has 0 unspecified atom stereocenters. The van der Waals surface area contributed by atoms with Crippen LogP contribution in [0.25, 0.3) is 0 Å². The van der Waals surface area contributed by atoms with E-state index in [1.54, 1.807) is 20.8 Å². The Morgan fingerprint density at radius 3 is 1.95 bits per heavy atom. The van der Waals surface area contributed by atoms with E-state index in [4.69, 9.17) is 14.2 Å². The van der Waals surface area contributed by atoms with Crippen LogP contribution in [0.5, 0.6) is 0 Å². The average Bonchev–Trinajstić information content (AvgIpc) is 2.28. The van der Waals surface area contributed by atoms with Crippen LogP contribution < -0.4 is 5.32 Å². The molecule has 0 saturated carbocycles. The van der Waals surface area contributed by atoms with E-state index < -0.39 is 23.2 Å². The van der Waals surface area contributed by atoms with Crippen LogP contribution >= 0.6 is 0 Å². The van der Waals surface area contributed by atoms with Crippen LogP contribution in [0.15, 0.2) is 0 Å². The molecule has 0 aliphatic carbocycles. The number of hydrogen-bond acceptors (Lipinski definition) is 5. The second-order valence-electron chi connectivity index (χ2n) is 7.44. The lowest BCUT2D eigenvalue weighted by atomic mass is 10.1. The normalized spacial score (nSPS) is 13.9. The molecule has 1 N–H and O–H groups in total. The maximum absolute atomic E-state index is 12.2. The zero-order chi connectivity index (χ0) is 17.6. The van der Waals surface area contributed by atoms with Gasteiger partial charge in [0, 0.05) is 0 Å². The van der Waals surface area contributed by atoms with Gasteiger partial charge in [0.2, 0.25) is 5.91 Å². The minimum atomic E-state index is -0.860. The summed E-state index contributed by atoms with van der Waals surface area (Å²) in [6.45, 7) is 14.6. The third kappa shape index (κ3) is 11.5. The third-order valence-electron chi connectivity index (χ3n) is 2.26. The van der Waals surface area contributed by atoms with Gasteiger partial charge in [-0.05, 0) is 55.4 Å². The Bertz CT molecular complexity index is 366. The van der Waals surface area contributed by atoms with E-state index in [0.29, 0.717) is 0 Å². The summed E-state index contributed by atoms with van der Waals surface area (Å²) in [5.41, 5.74) is -1.05. The molecule has 0 aromatic heterocycles. The van der Waals surface area contributed by atoms with Gasteiger partial charge >= 0.3 is 5.97 Å². The van der Waals surface area contributed by atoms with E-state index in [0.717, 1.165) is 0 Å². The monoisotopic (exact) mass is 317 g/mol. The fraction of sp³-hybridized carbons (Fsp3) is 0.875. The standard InChI is InChI=1S/C16H31NO5/c1-11(2)20-10-13(18)17-12(9-21-15(3,4)5)14(19)22-16(6,7)8/h11-12H,9-10H2,1-8H3,(H,17,18)/t12-/m1/s1. The lowest BCUT2D eigenvalue weighted by Crippen LogP contribution is -2.49. The lowest BCUT2D eigenvalue weighted by molar-refractivity contribution is -0.162. The van der Waals surface area contributed by atoms with E-state index >= 15 is 0 Å². The Morgan fingerprint density at radius 1 is 1.00 bits per heavy atom. The number of amides is 1. The molecule has 6 heteroatoms. The van der Waals surface area contributed by atoms with Crippen LogP contribution in [-0.4, -0.2) is 48.4 Å². The van der Waals surface area contributed by atoms with Crippen LogP contribution in [0, 0.1) is 0 Å². The summed E-state index contributed by atoms with van der Waals surface area (Å²) in [6, 6.07) is -0.860. The van der Waals surface area contributed by atoms with Gasteiger partial charge in [-0.25, -0.2) is 4.79 Å². The van der Waals surface area contributed by atoms with E-state index in [-0.39, 0.29) is 25.2 Å². The number of carbonyl (C=O) groups is 2. The van der Waals surface area contributed by atoms with Gasteiger partial charge in [0.1, 0.15) is 12.2 Å². The number of esters is 1. The highest BCUT2D eigenvalue weighted by Crippen LogP contribution is 2.11. The van der Waals surface area contributed by atoms with Crippen LogP contribution in [0.1, 0.15) is 55.4 Å². The smallest absolute Gasteiger partial charge is 0.331 e. The predicted octanol–water partition coefficient (Wildman–Crippen LogP) is 2.05. The number of hydrogen-bond donors (Lipinski definition) is 1. The molecule has 1 amide bonds. The molecule has 6 nitrogen and oxygen atoms in total. The number of rotatable bonds is 7. The van der Waals surface area contributed by atoms with Crippen molar-refractivity contribution in [3.8, 4) is 0 Å². The molecule has 0 aromatic rings. The summed E-state index contributed by atoms with van der Waals surface area (Å²) < 4.78 is 16.1. The highest BCUT2D eigenvalue weighted by molar-refractivity contribution is 5.85. The minimum Gasteiger partial charge on any atom is -0.458 e. The summed E-state index contributed by atoms with van der Waals surface area (Å²) >= 11 is 0. The van der Waals surface area contributed by atoms with Gasteiger partial charge in [-0.1, -0.05) is 0 Å². The summed E-state index contributed by atoms with van der Waals surface area (Å²) in [6.07, 6.45) is -0.0587. The zero-order valence-electron chi connectivity index (χ0n) is 15.1. The van der Waals surface area contributed by atoms with Crippen molar-refractivity contribution in [3.05, 3.63) is 0 Å². The first-order valence-corrected chi connectivity index (χ1v) is 7.58. The largest absolute Gasteiger partial charge is 0.458 e. The molecule has 0 radical (unpaired) electrons. The fourth-order valence-corrected chi connectivity index (χ4v) is 1.35. The van der Waals surface area contributed by atoms with Gasteiger partial charge < -0.3 is 19.5 Å². The first-order valence-electron chi connectivity index (χ1n) is 7.58. The van der Waals surface area contributed by atoms with Crippen LogP contribution in [0.3, 0.4) is 0 Å². The highest BCUT2D eigenvalue weighted by Gasteiger charge is 2.28. The summed E-state index contributed by atoms with van der Waals surface area (Å²) in [4.78, 5) is 24.0. The molecule has 0 heterocycles. The fourth-order valence-electron chi connectivity index (χ4n) is 1.35. The second-order valence-corrected chi connectivity index (χ2v) is 7.44. The van der Waals surface area contributed by atoms with Gasteiger partial charge in [-0.15, -0.1) is 0 Å². The average molecular weight is 317 g/mol. The molecule has 130 valence electrons. The van der Waals surface area contributed by atoms with Crippen molar-refractivity contribution < 1.29 is 23.8 Å². The highest BCUT2D eigenvalue weighted by atomic mass is 16.6. The van der Waals surface area contributed by atoms with E-state index in [1.807, 2.05) is 34.6 Å². The van der Waals surface area contributed by atoms with Crippen molar-refractivity contribution in [2.75, 3.05) is 13.2 Å². The van der Waals surface area contributed by atoms with Crippen molar-refractivity contribution in [2.24, 2.45) is 0 Å². The molecule has 22 heavy (non-hydrogen) atoms. The van der Waals surface area contributed by atoms with Gasteiger partial charge in [0.05, 0.1) is 18.3 Å². The molecule has 0 fully saturated rings. The van der Waals surface area contributed by atoms with E-state index in [2.05, 4.69) is 5.32 Å². The van der Waals surface area contributed by atoms with E-state index in [1.165, 1.54) is 0 Å². The SMILES string of the molecule is CC(C)OCC(=O)N[C@H](COC(C)(C)C)C(=O)OC(C)(C)C. The number of ether oxygens (including phenoxy) is 3. The Balaban J connectivity index is 4.71. The van der Waals surface area contributed by atoms with Crippen LogP contribution in [-0.2, 0) is 23.8 Å². The predicted molar refractivity (Wildman–Crippen MR) is 84.6 cm³/mol. The van der Waals surface area contributed by atoms with Gasteiger partial charge in [0.15, 0.2) is 6.04 Å². The molecule has 0 aromatic carbocycles. The quantitative estimate of drug-likeness (QED) is 0.728. The molecular weight excluding hydrogens is 286 g/mol. The van der Waals surface area contributed by atoms with Crippen molar-refractivity contribution in [2.45, 2.75) is 78.7 Å². The molecule has 0 rings (SSSR count). The topological polar surface area (TPSA) is 73.9 Å². The zero-order valence-corrected chi connectivity index (χ0v) is 15.1. The van der Waals surface area contributed by atoms with Gasteiger partial charge in [-0.3, -0.25) is 4.79 Å². The Labute approximate surface area is 133 Å². The minimum absolute atomic E-state index is 0.0475. The Kier molecular flexibility index (Phi) is 8.04. The Morgan fingerprint density at radius 2 is 1.55 bits per heavy atom. The first kappa shape index (κ1) is 20.9. The van der Waals surface area contributed by atoms with Crippen LogP contribution in [0.2, 0.25) is 0 Å².